The van der Waals surface area contributed by atoms with Crippen molar-refractivity contribution in [2.75, 3.05) is 20.1 Å². The quantitative estimate of drug-likeness (QED) is 0.807. The molecule has 7 nitrogen and oxygen atoms in total. The van der Waals surface area contributed by atoms with Gasteiger partial charge in [-0.2, -0.15) is 22.1 Å². The third-order valence-corrected chi connectivity index (χ3v) is 5.97. The van der Waals surface area contributed by atoms with Gasteiger partial charge in [-0.05, 0) is 31.0 Å². The molecule has 1 atom stereocenters. The number of likely N-dealkylation sites (N-methyl/N-ethyl adjacent to an activating group) is 1. The number of furan rings is 1. The molecule has 0 N–H and O–H groups in total. The van der Waals surface area contributed by atoms with E-state index in [2.05, 4.69) is 5.10 Å². The Balaban J connectivity index is 1.71. The summed E-state index contributed by atoms with van der Waals surface area (Å²) in [6, 6.07) is 5.25. The molecule has 0 amide bonds. The number of hydrogen-bond donors (Lipinski definition) is 0. The lowest BCUT2D eigenvalue weighted by Crippen LogP contribution is -2.42. The first-order valence-electron chi connectivity index (χ1n) is 7.33. The van der Waals surface area contributed by atoms with Crippen LogP contribution in [-0.2, 0) is 16.8 Å². The van der Waals surface area contributed by atoms with E-state index in [9.17, 15) is 8.42 Å². The lowest BCUT2D eigenvalue weighted by molar-refractivity contribution is 0.309. The fourth-order valence-electron chi connectivity index (χ4n) is 2.75. The van der Waals surface area contributed by atoms with E-state index in [1.54, 1.807) is 30.3 Å². The largest absolute Gasteiger partial charge is 0.468 e. The molecule has 1 fully saturated rings. The molecule has 2 aromatic heterocycles. The third kappa shape index (κ3) is 2.94. The van der Waals surface area contributed by atoms with E-state index >= 15 is 0 Å². The summed E-state index contributed by atoms with van der Waals surface area (Å²) < 4.78 is 35.6. The summed E-state index contributed by atoms with van der Waals surface area (Å²) in [4.78, 5) is 0. The molecule has 0 bridgehead atoms. The van der Waals surface area contributed by atoms with Crippen LogP contribution in [0.15, 0.2) is 41.3 Å². The van der Waals surface area contributed by atoms with Gasteiger partial charge in [-0.15, -0.1) is 0 Å². The second-order valence-corrected chi connectivity index (χ2v) is 7.37. The summed E-state index contributed by atoms with van der Waals surface area (Å²) in [6.07, 6.45) is 6.72. The molecule has 2 aromatic rings. The van der Waals surface area contributed by atoms with Gasteiger partial charge in [-0.1, -0.05) is 0 Å². The molecule has 0 aliphatic carbocycles. The zero-order chi connectivity index (χ0) is 15.6. The van der Waals surface area contributed by atoms with Gasteiger partial charge in [-0.3, -0.25) is 4.68 Å². The van der Waals surface area contributed by atoms with Gasteiger partial charge in [0.25, 0.3) is 10.2 Å². The zero-order valence-corrected chi connectivity index (χ0v) is 13.3. The summed E-state index contributed by atoms with van der Waals surface area (Å²) in [5, 5.41) is 4.09. The van der Waals surface area contributed by atoms with E-state index in [4.69, 9.17) is 4.42 Å². The Morgan fingerprint density at radius 2 is 2.32 bits per heavy atom. The maximum atomic E-state index is 12.8. The van der Waals surface area contributed by atoms with E-state index in [1.807, 2.05) is 18.3 Å². The van der Waals surface area contributed by atoms with Crippen LogP contribution in [0, 0.1) is 0 Å². The van der Waals surface area contributed by atoms with Gasteiger partial charge in [0.05, 0.1) is 18.8 Å². The number of aromatic nitrogens is 2. The molecule has 0 saturated carbocycles. The third-order valence-electron chi connectivity index (χ3n) is 3.97. The van der Waals surface area contributed by atoms with Gasteiger partial charge >= 0.3 is 0 Å². The van der Waals surface area contributed by atoms with Gasteiger partial charge in [0, 0.05) is 32.5 Å². The van der Waals surface area contributed by atoms with Crippen molar-refractivity contribution in [3.63, 3.8) is 0 Å². The van der Waals surface area contributed by atoms with Crippen LogP contribution < -0.4 is 0 Å². The first-order valence-corrected chi connectivity index (χ1v) is 8.72. The molecule has 1 saturated heterocycles. The number of hydrogen-bond acceptors (Lipinski definition) is 4. The fourth-order valence-corrected chi connectivity index (χ4v) is 4.31. The number of rotatable bonds is 6. The molecule has 1 aliphatic heterocycles. The predicted molar refractivity (Wildman–Crippen MR) is 81.2 cm³/mol. The maximum Gasteiger partial charge on any atom is 0.282 e. The predicted octanol–water partition coefficient (Wildman–Crippen LogP) is 1.49. The van der Waals surface area contributed by atoms with Crippen molar-refractivity contribution in [1.82, 2.24) is 18.4 Å². The van der Waals surface area contributed by atoms with E-state index in [1.165, 1.54) is 8.61 Å². The Labute approximate surface area is 130 Å². The molecular weight excluding hydrogens is 304 g/mol. The SMILES string of the molecule is CN(CCn1cccn1)S(=O)(=O)N1CCCC1c1ccco1. The van der Waals surface area contributed by atoms with Gasteiger partial charge in [0.1, 0.15) is 5.76 Å². The van der Waals surface area contributed by atoms with Crippen LogP contribution in [0.25, 0.3) is 0 Å². The number of nitrogens with zero attached hydrogens (tertiary/aromatic N) is 4. The van der Waals surface area contributed by atoms with Crippen LogP contribution in [0.1, 0.15) is 24.6 Å². The second-order valence-electron chi connectivity index (χ2n) is 5.38. The summed E-state index contributed by atoms with van der Waals surface area (Å²) in [6.45, 7) is 1.44. The summed E-state index contributed by atoms with van der Waals surface area (Å²) in [5.74, 6) is 0.710. The van der Waals surface area contributed by atoms with Crippen LogP contribution in [-0.4, -0.2) is 46.9 Å². The highest BCUT2D eigenvalue weighted by Gasteiger charge is 2.38. The summed E-state index contributed by atoms with van der Waals surface area (Å²) in [5.41, 5.74) is 0. The molecule has 120 valence electrons. The van der Waals surface area contributed by atoms with Gasteiger partial charge < -0.3 is 4.42 Å². The smallest absolute Gasteiger partial charge is 0.282 e. The average molecular weight is 324 g/mol. The minimum atomic E-state index is -3.50. The van der Waals surface area contributed by atoms with Crippen molar-refractivity contribution in [2.24, 2.45) is 0 Å². The molecule has 0 spiro atoms. The minimum Gasteiger partial charge on any atom is -0.468 e. The molecule has 3 heterocycles. The second kappa shape index (κ2) is 6.23. The van der Waals surface area contributed by atoms with Gasteiger partial charge in [-0.25, -0.2) is 0 Å². The van der Waals surface area contributed by atoms with Crippen molar-refractivity contribution in [3.8, 4) is 0 Å². The van der Waals surface area contributed by atoms with Gasteiger partial charge in [0.2, 0.25) is 0 Å². The van der Waals surface area contributed by atoms with Gasteiger partial charge in [0.15, 0.2) is 0 Å². The van der Waals surface area contributed by atoms with Crippen LogP contribution >= 0.6 is 0 Å². The van der Waals surface area contributed by atoms with E-state index < -0.39 is 10.2 Å². The fraction of sp³-hybridized carbons (Fsp3) is 0.500. The van der Waals surface area contributed by atoms with Crippen molar-refractivity contribution >= 4 is 10.2 Å². The molecule has 3 rings (SSSR count). The van der Waals surface area contributed by atoms with E-state index in [-0.39, 0.29) is 6.04 Å². The van der Waals surface area contributed by atoms with E-state index in [0.717, 1.165) is 12.8 Å². The van der Waals surface area contributed by atoms with E-state index in [0.29, 0.717) is 25.4 Å². The van der Waals surface area contributed by atoms with Crippen LogP contribution in [0.3, 0.4) is 0 Å². The normalized spacial score (nSPS) is 20.0. The first kappa shape index (κ1) is 15.3. The Hall–Kier alpha value is -1.64. The molecular formula is C14H20N4O3S. The first-order chi connectivity index (χ1) is 10.6. The van der Waals surface area contributed by atoms with Crippen LogP contribution in [0.5, 0.6) is 0 Å². The van der Waals surface area contributed by atoms with Crippen molar-refractivity contribution in [1.29, 1.82) is 0 Å². The summed E-state index contributed by atoms with van der Waals surface area (Å²) >= 11 is 0. The highest BCUT2D eigenvalue weighted by atomic mass is 32.2. The van der Waals surface area contributed by atoms with Crippen molar-refractivity contribution in [2.45, 2.75) is 25.4 Å². The topological polar surface area (TPSA) is 71.6 Å². The molecule has 0 aromatic carbocycles. The zero-order valence-electron chi connectivity index (χ0n) is 12.5. The highest BCUT2D eigenvalue weighted by molar-refractivity contribution is 7.86. The Bertz CT molecular complexity index is 682. The van der Waals surface area contributed by atoms with Crippen molar-refractivity contribution in [3.05, 3.63) is 42.6 Å². The van der Waals surface area contributed by atoms with Crippen LogP contribution in [0.4, 0.5) is 0 Å². The standard InChI is InChI=1S/C14H20N4O3S/c1-16(10-11-17-8-4-7-15-17)22(19,20)18-9-2-5-13(18)14-6-3-12-21-14/h3-4,6-8,12-13H,2,5,9-11H2,1H3. The maximum absolute atomic E-state index is 12.8. The lowest BCUT2D eigenvalue weighted by atomic mass is 10.2. The molecule has 0 radical (unpaired) electrons. The molecule has 1 aliphatic rings. The lowest BCUT2D eigenvalue weighted by Gasteiger charge is -2.27. The molecule has 22 heavy (non-hydrogen) atoms. The monoisotopic (exact) mass is 324 g/mol. The summed E-state index contributed by atoms with van der Waals surface area (Å²) in [7, 11) is -1.89. The molecule has 8 heteroatoms. The highest BCUT2D eigenvalue weighted by Crippen LogP contribution is 2.35. The minimum absolute atomic E-state index is 0.202. The Morgan fingerprint density at radius 3 is 3.00 bits per heavy atom. The Morgan fingerprint density at radius 1 is 1.45 bits per heavy atom. The molecule has 1 unspecified atom stereocenters. The average Bonchev–Trinajstić information content (AvgIpc) is 3.25. The van der Waals surface area contributed by atoms with Crippen molar-refractivity contribution < 1.29 is 12.8 Å². The van der Waals surface area contributed by atoms with Crippen LogP contribution in [0.2, 0.25) is 0 Å². The Kier molecular flexibility index (Phi) is 4.32.